The number of nitrogens with zero attached hydrogens (tertiary/aromatic N) is 3. The van der Waals surface area contributed by atoms with Crippen LogP contribution in [-0.2, 0) is 0 Å². The van der Waals surface area contributed by atoms with Gasteiger partial charge in [-0.05, 0) is 43.2 Å². The highest BCUT2D eigenvalue weighted by molar-refractivity contribution is 5.92. The van der Waals surface area contributed by atoms with Crippen LogP contribution < -0.4 is 10.2 Å². The van der Waals surface area contributed by atoms with E-state index in [0.29, 0.717) is 5.69 Å². The molecule has 4 rings (SSSR count). The van der Waals surface area contributed by atoms with Gasteiger partial charge in [-0.15, -0.1) is 0 Å². The Morgan fingerprint density at radius 2 is 1.86 bits per heavy atom. The zero-order valence-corrected chi connectivity index (χ0v) is 13.2. The second-order valence-electron chi connectivity index (χ2n) is 6.88. The van der Waals surface area contributed by atoms with Crippen LogP contribution in [0.2, 0.25) is 0 Å². The van der Waals surface area contributed by atoms with Crippen LogP contribution in [0.3, 0.4) is 0 Å². The summed E-state index contributed by atoms with van der Waals surface area (Å²) in [7, 11) is 1.63. The number of hydrogen-bond acceptors (Lipinski definition) is 4. The van der Waals surface area contributed by atoms with Crippen LogP contribution in [0.1, 0.15) is 29.8 Å². The molecule has 1 N–H and O–H groups in total. The van der Waals surface area contributed by atoms with E-state index in [2.05, 4.69) is 20.1 Å². The van der Waals surface area contributed by atoms with Crippen molar-refractivity contribution in [1.82, 2.24) is 15.2 Å². The fourth-order valence-corrected chi connectivity index (χ4v) is 4.16. The van der Waals surface area contributed by atoms with Crippen molar-refractivity contribution in [1.29, 1.82) is 0 Å². The van der Waals surface area contributed by atoms with Gasteiger partial charge in [-0.2, -0.15) is 0 Å². The zero-order valence-electron chi connectivity index (χ0n) is 13.2. The van der Waals surface area contributed by atoms with E-state index in [0.717, 1.165) is 49.7 Å². The topological polar surface area (TPSA) is 48.5 Å². The van der Waals surface area contributed by atoms with E-state index < -0.39 is 0 Å². The summed E-state index contributed by atoms with van der Waals surface area (Å²) in [6, 6.07) is 4.67. The molecule has 2 atom stereocenters. The van der Waals surface area contributed by atoms with Crippen LogP contribution >= 0.6 is 0 Å². The average molecular weight is 300 g/mol. The first-order valence-corrected chi connectivity index (χ1v) is 8.41. The van der Waals surface area contributed by atoms with Gasteiger partial charge in [0, 0.05) is 39.3 Å². The number of carbonyl (C=O) groups excluding carboxylic acids is 1. The standard InChI is InChI=1S/C17H24N4O/c1-18-17(22)16-3-2-14(11-19-16)20-4-6-21(7-5-20)15-9-12-8-13(12)10-15/h2-3,11-13,15H,4-10H2,1H3,(H,18,22). The number of amides is 1. The van der Waals surface area contributed by atoms with Crippen LogP contribution in [-0.4, -0.2) is 55.1 Å². The Morgan fingerprint density at radius 1 is 1.14 bits per heavy atom. The number of fused-ring (bicyclic) bond motifs is 1. The van der Waals surface area contributed by atoms with Gasteiger partial charge in [0.25, 0.3) is 5.91 Å². The minimum atomic E-state index is -0.129. The maximum Gasteiger partial charge on any atom is 0.269 e. The van der Waals surface area contributed by atoms with E-state index in [-0.39, 0.29) is 5.91 Å². The third-order valence-corrected chi connectivity index (χ3v) is 5.62. The quantitative estimate of drug-likeness (QED) is 0.916. The van der Waals surface area contributed by atoms with Crippen molar-refractivity contribution in [3.8, 4) is 0 Å². The Kier molecular flexibility index (Phi) is 3.53. The fraction of sp³-hybridized carbons (Fsp3) is 0.647. The Bertz CT molecular complexity index is 540. The van der Waals surface area contributed by atoms with E-state index in [9.17, 15) is 4.79 Å². The molecule has 1 saturated heterocycles. The van der Waals surface area contributed by atoms with Crippen molar-refractivity contribution >= 4 is 11.6 Å². The molecule has 1 aliphatic heterocycles. The van der Waals surface area contributed by atoms with Crippen LogP contribution in [0.4, 0.5) is 5.69 Å². The van der Waals surface area contributed by atoms with Gasteiger partial charge in [0.1, 0.15) is 5.69 Å². The first-order chi connectivity index (χ1) is 10.7. The van der Waals surface area contributed by atoms with Gasteiger partial charge in [-0.3, -0.25) is 9.69 Å². The van der Waals surface area contributed by atoms with Gasteiger partial charge >= 0.3 is 0 Å². The molecule has 118 valence electrons. The Balaban J connectivity index is 1.34. The van der Waals surface area contributed by atoms with Gasteiger partial charge in [-0.25, -0.2) is 4.98 Å². The molecule has 1 aromatic heterocycles. The molecule has 5 nitrogen and oxygen atoms in total. The summed E-state index contributed by atoms with van der Waals surface area (Å²) in [6.07, 6.45) is 6.20. The van der Waals surface area contributed by atoms with Crippen LogP contribution in [0, 0.1) is 11.8 Å². The Morgan fingerprint density at radius 3 is 2.45 bits per heavy atom. The normalized spacial score (nSPS) is 31.0. The lowest BCUT2D eigenvalue weighted by molar-refractivity contribution is 0.0958. The summed E-state index contributed by atoms with van der Waals surface area (Å²) in [5.74, 6) is 1.99. The molecule has 2 saturated carbocycles. The molecule has 2 heterocycles. The van der Waals surface area contributed by atoms with Gasteiger partial charge in [0.2, 0.25) is 0 Å². The number of pyridine rings is 1. The fourth-order valence-electron chi connectivity index (χ4n) is 4.16. The molecule has 5 heteroatoms. The second-order valence-corrected chi connectivity index (χ2v) is 6.88. The number of anilines is 1. The van der Waals surface area contributed by atoms with Crippen molar-refractivity contribution in [2.75, 3.05) is 38.1 Å². The number of rotatable bonds is 3. The minimum Gasteiger partial charge on any atom is -0.368 e. The summed E-state index contributed by atoms with van der Waals surface area (Å²) in [6.45, 7) is 4.43. The number of nitrogens with one attached hydrogen (secondary N) is 1. The molecule has 0 radical (unpaired) electrons. The van der Waals surface area contributed by atoms with Crippen molar-refractivity contribution in [2.24, 2.45) is 11.8 Å². The second kappa shape index (κ2) is 5.54. The third-order valence-electron chi connectivity index (χ3n) is 5.62. The summed E-state index contributed by atoms with van der Waals surface area (Å²) in [5, 5.41) is 2.60. The monoisotopic (exact) mass is 300 g/mol. The van der Waals surface area contributed by atoms with E-state index >= 15 is 0 Å². The molecule has 0 spiro atoms. The lowest BCUT2D eigenvalue weighted by Gasteiger charge is -2.39. The Hall–Kier alpha value is -1.62. The molecular weight excluding hydrogens is 276 g/mol. The highest BCUT2D eigenvalue weighted by atomic mass is 16.1. The van der Waals surface area contributed by atoms with Crippen LogP contribution in [0.15, 0.2) is 18.3 Å². The molecule has 3 aliphatic rings. The van der Waals surface area contributed by atoms with E-state index in [1.54, 1.807) is 7.05 Å². The molecule has 1 amide bonds. The summed E-state index contributed by atoms with van der Waals surface area (Å²) < 4.78 is 0. The van der Waals surface area contributed by atoms with Gasteiger partial charge in [0.05, 0.1) is 11.9 Å². The molecule has 0 bridgehead atoms. The van der Waals surface area contributed by atoms with E-state index in [1.165, 1.54) is 19.3 Å². The van der Waals surface area contributed by atoms with Gasteiger partial charge in [-0.1, -0.05) is 0 Å². The SMILES string of the molecule is CNC(=O)c1ccc(N2CCN(C3CC4CC4C3)CC2)cn1. The van der Waals surface area contributed by atoms with E-state index in [1.807, 2.05) is 18.3 Å². The smallest absolute Gasteiger partial charge is 0.269 e. The summed E-state index contributed by atoms with van der Waals surface area (Å²) in [4.78, 5) is 20.9. The van der Waals surface area contributed by atoms with Crippen molar-refractivity contribution < 1.29 is 4.79 Å². The first kappa shape index (κ1) is 14.0. The van der Waals surface area contributed by atoms with Crippen molar-refractivity contribution in [2.45, 2.75) is 25.3 Å². The first-order valence-electron chi connectivity index (χ1n) is 8.41. The zero-order chi connectivity index (χ0) is 15.1. The summed E-state index contributed by atoms with van der Waals surface area (Å²) >= 11 is 0. The van der Waals surface area contributed by atoms with Crippen molar-refractivity contribution in [3.05, 3.63) is 24.0 Å². The predicted octanol–water partition coefficient (Wildman–Crippen LogP) is 1.36. The summed E-state index contributed by atoms with van der Waals surface area (Å²) in [5.41, 5.74) is 1.61. The molecular formula is C17H24N4O. The largest absolute Gasteiger partial charge is 0.368 e. The molecule has 3 fully saturated rings. The van der Waals surface area contributed by atoms with Gasteiger partial charge < -0.3 is 10.2 Å². The number of aromatic nitrogens is 1. The predicted molar refractivity (Wildman–Crippen MR) is 86.0 cm³/mol. The molecule has 2 aliphatic carbocycles. The maximum atomic E-state index is 11.5. The number of carbonyl (C=O) groups is 1. The number of hydrogen-bond donors (Lipinski definition) is 1. The minimum absolute atomic E-state index is 0.129. The van der Waals surface area contributed by atoms with E-state index in [4.69, 9.17) is 0 Å². The number of piperazine rings is 1. The molecule has 1 aromatic rings. The van der Waals surface area contributed by atoms with Crippen LogP contribution in [0.5, 0.6) is 0 Å². The lowest BCUT2D eigenvalue weighted by atomic mass is 10.1. The molecule has 22 heavy (non-hydrogen) atoms. The maximum absolute atomic E-state index is 11.5. The van der Waals surface area contributed by atoms with Crippen LogP contribution in [0.25, 0.3) is 0 Å². The van der Waals surface area contributed by atoms with Gasteiger partial charge in [0.15, 0.2) is 0 Å². The lowest BCUT2D eigenvalue weighted by Crippen LogP contribution is -2.50. The molecule has 2 unspecified atom stereocenters. The average Bonchev–Trinajstić information content (AvgIpc) is 3.20. The Labute approximate surface area is 131 Å². The van der Waals surface area contributed by atoms with Crippen molar-refractivity contribution in [3.63, 3.8) is 0 Å². The third kappa shape index (κ3) is 2.58. The highest BCUT2D eigenvalue weighted by Gasteiger charge is 2.47. The highest BCUT2D eigenvalue weighted by Crippen LogP contribution is 2.53. The molecule has 0 aromatic carbocycles.